The van der Waals surface area contributed by atoms with E-state index < -0.39 is 5.41 Å². The van der Waals surface area contributed by atoms with Crippen molar-refractivity contribution in [3.63, 3.8) is 0 Å². The van der Waals surface area contributed by atoms with E-state index in [4.69, 9.17) is 23.2 Å². The Hall–Kier alpha value is -1.50. The lowest BCUT2D eigenvalue weighted by molar-refractivity contribution is -0.128. The zero-order valence-electron chi connectivity index (χ0n) is 17.8. The number of rotatable bonds is 7. The number of piperidine rings is 1. The molecule has 0 radical (unpaired) electrons. The normalized spacial score (nSPS) is 16.6. The van der Waals surface area contributed by atoms with Gasteiger partial charge in [-0.3, -0.25) is 14.7 Å². The van der Waals surface area contributed by atoms with Crippen molar-refractivity contribution in [1.29, 1.82) is 0 Å². The summed E-state index contributed by atoms with van der Waals surface area (Å²) in [7, 11) is 1.76. The summed E-state index contributed by atoms with van der Waals surface area (Å²) >= 11 is 12.1. The summed E-state index contributed by atoms with van der Waals surface area (Å²) in [6.45, 7) is 9.82. The van der Waals surface area contributed by atoms with Gasteiger partial charge in [-0.1, -0.05) is 29.3 Å². The monoisotopic (exact) mass is 441 g/mol. The van der Waals surface area contributed by atoms with Gasteiger partial charge in [0.15, 0.2) is 5.96 Å². The van der Waals surface area contributed by atoms with E-state index in [-0.39, 0.29) is 5.91 Å². The number of carbonyl (C=O) groups excluding carboxylic acids is 1. The average Bonchev–Trinajstić information content (AvgIpc) is 2.69. The molecule has 1 heterocycles. The number of aliphatic imine (C=N–C) groups is 1. The highest BCUT2D eigenvalue weighted by molar-refractivity contribution is 6.42. The minimum Gasteiger partial charge on any atom is -0.356 e. The van der Waals surface area contributed by atoms with Gasteiger partial charge in [0.2, 0.25) is 5.91 Å². The fourth-order valence-corrected chi connectivity index (χ4v) is 3.63. The van der Waals surface area contributed by atoms with E-state index in [1.54, 1.807) is 7.05 Å². The van der Waals surface area contributed by atoms with Crippen molar-refractivity contribution in [2.45, 2.75) is 46.2 Å². The van der Waals surface area contributed by atoms with Gasteiger partial charge >= 0.3 is 0 Å². The molecule has 1 saturated heterocycles. The molecule has 8 heteroatoms. The summed E-state index contributed by atoms with van der Waals surface area (Å²) < 4.78 is 0. The Morgan fingerprint density at radius 3 is 2.48 bits per heavy atom. The summed E-state index contributed by atoms with van der Waals surface area (Å²) in [6.07, 6.45) is 2.06. The first-order chi connectivity index (χ1) is 13.7. The Morgan fingerprint density at radius 2 is 1.90 bits per heavy atom. The highest BCUT2D eigenvalue weighted by Gasteiger charge is 2.28. The molecular weight excluding hydrogens is 409 g/mol. The maximum Gasteiger partial charge on any atom is 0.227 e. The maximum atomic E-state index is 12.1. The van der Waals surface area contributed by atoms with Gasteiger partial charge in [-0.2, -0.15) is 0 Å². The minimum absolute atomic E-state index is 0.0403. The molecule has 1 aromatic rings. The summed E-state index contributed by atoms with van der Waals surface area (Å²) in [6, 6.07) is 6.18. The van der Waals surface area contributed by atoms with Crippen LogP contribution >= 0.6 is 23.2 Å². The van der Waals surface area contributed by atoms with Gasteiger partial charge < -0.3 is 16.0 Å². The largest absolute Gasteiger partial charge is 0.356 e. The van der Waals surface area contributed by atoms with E-state index in [9.17, 15) is 4.79 Å². The summed E-state index contributed by atoms with van der Waals surface area (Å²) in [5, 5.41) is 10.9. The van der Waals surface area contributed by atoms with Crippen LogP contribution in [0.25, 0.3) is 0 Å². The number of carbonyl (C=O) groups is 1. The third-order valence-electron chi connectivity index (χ3n) is 5.19. The molecule has 0 atom stereocenters. The number of halogens is 2. The molecule has 1 aliphatic rings. The lowest BCUT2D eigenvalue weighted by atomic mass is 9.92. The second kappa shape index (κ2) is 11.0. The number of hydrogen-bond donors (Lipinski definition) is 3. The van der Waals surface area contributed by atoms with E-state index in [0.29, 0.717) is 29.2 Å². The molecule has 0 unspecified atom stereocenters. The first-order valence-corrected chi connectivity index (χ1v) is 10.9. The van der Waals surface area contributed by atoms with Gasteiger partial charge in [0.25, 0.3) is 0 Å². The lowest BCUT2D eigenvalue weighted by Crippen LogP contribution is -2.51. The summed E-state index contributed by atoms with van der Waals surface area (Å²) in [5.41, 5.74) is 0.674. The molecule has 0 bridgehead atoms. The predicted octanol–water partition coefficient (Wildman–Crippen LogP) is 3.29. The topological polar surface area (TPSA) is 68.8 Å². The van der Waals surface area contributed by atoms with E-state index in [1.807, 2.05) is 39.0 Å². The van der Waals surface area contributed by atoms with Gasteiger partial charge in [-0.15, -0.1) is 0 Å². The predicted molar refractivity (Wildman–Crippen MR) is 122 cm³/mol. The number of guanidine groups is 1. The number of likely N-dealkylation sites (tertiary alicyclic amines) is 1. The van der Waals surface area contributed by atoms with Crippen molar-refractivity contribution in [3.8, 4) is 0 Å². The number of benzene rings is 1. The second-order valence-corrected chi connectivity index (χ2v) is 8.93. The minimum atomic E-state index is -0.503. The zero-order chi connectivity index (χ0) is 21.4. The van der Waals surface area contributed by atoms with Crippen LogP contribution in [-0.2, 0) is 11.3 Å². The average molecular weight is 442 g/mol. The second-order valence-electron chi connectivity index (χ2n) is 8.11. The summed E-state index contributed by atoms with van der Waals surface area (Å²) in [5.74, 6) is 0.781. The van der Waals surface area contributed by atoms with Crippen LogP contribution in [0.15, 0.2) is 23.2 Å². The maximum absolute atomic E-state index is 12.1. The van der Waals surface area contributed by atoms with E-state index in [2.05, 4.69) is 25.8 Å². The molecule has 0 saturated carbocycles. The van der Waals surface area contributed by atoms with Crippen LogP contribution in [0, 0.1) is 5.41 Å². The molecule has 1 aromatic carbocycles. The first-order valence-electron chi connectivity index (χ1n) is 10.2. The lowest BCUT2D eigenvalue weighted by Gasteiger charge is -2.33. The van der Waals surface area contributed by atoms with Crippen molar-refractivity contribution in [1.82, 2.24) is 20.9 Å². The number of nitrogens with zero attached hydrogens (tertiary/aromatic N) is 2. The first kappa shape index (κ1) is 23.8. The third-order valence-corrected chi connectivity index (χ3v) is 5.93. The van der Waals surface area contributed by atoms with E-state index in [0.717, 1.165) is 38.4 Å². The highest BCUT2D eigenvalue weighted by atomic mass is 35.5. The quantitative estimate of drug-likeness (QED) is 0.448. The molecule has 0 aliphatic carbocycles. The van der Waals surface area contributed by atoms with Crippen LogP contribution in [0.1, 0.15) is 39.2 Å². The van der Waals surface area contributed by atoms with Gasteiger partial charge in [0, 0.05) is 45.8 Å². The van der Waals surface area contributed by atoms with Crippen LogP contribution in [0.2, 0.25) is 10.0 Å². The molecule has 1 fully saturated rings. The Morgan fingerprint density at radius 1 is 1.21 bits per heavy atom. The molecule has 1 aliphatic heterocycles. The molecule has 2 rings (SSSR count). The van der Waals surface area contributed by atoms with Crippen LogP contribution < -0.4 is 16.0 Å². The Kier molecular flexibility index (Phi) is 9.05. The highest BCUT2D eigenvalue weighted by Crippen LogP contribution is 2.24. The van der Waals surface area contributed by atoms with Gasteiger partial charge in [-0.25, -0.2) is 0 Å². The van der Waals surface area contributed by atoms with Gasteiger partial charge in [-0.05, 0) is 51.3 Å². The summed E-state index contributed by atoms with van der Waals surface area (Å²) in [4.78, 5) is 18.9. The van der Waals surface area contributed by atoms with Crippen LogP contribution in [-0.4, -0.2) is 56.0 Å². The molecule has 0 spiro atoms. The van der Waals surface area contributed by atoms with E-state index in [1.165, 1.54) is 5.56 Å². The van der Waals surface area contributed by atoms with Crippen molar-refractivity contribution < 1.29 is 4.79 Å². The van der Waals surface area contributed by atoms with Crippen molar-refractivity contribution in [2.75, 3.05) is 33.2 Å². The molecule has 29 heavy (non-hydrogen) atoms. The molecule has 3 N–H and O–H groups in total. The zero-order valence-corrected chi connectivity index (χ0v) is 19.3. The molecule has 162 valence electrons. The smallest absolute Gasteiger partial charge is 0.227 e. The van der Waals surface area contributed by atoms with Gasteiger partial charge in [0.05, 0.1) is 15.5 Å². The Labute approximate surface area is 184 Å². The van der Waals surface area contributed by atoms with Crippen LogP contribution in [0.5, 0.6) is 0 Å². The van der Waals surface area contributed by atoms with Crippen molar-refractivity contribution in [3.05, 3.63) is 33.8 Å². The number of amides is 1. The fraction of sp³-hybridized carbons (Fsp3) is 0.619. The Bertz CT molecular complexity index is 715. The van der Waals surface area contributed by atoms with Crippen LogP contribution in [0.3, 0.4) is 0 Å². The van der Waals surface area contributed by atoms with Crippen molar-refractivity contribution >= 4 is 35.1 Å². The standard InChI is InChI=1S/C21H33Cl2N5O/c1-5-25-19(29)21(2,3)14-26-20(24-4)27-16-8-10-28(11-9-16)13-15-6-7-17(22)18(23)12-15/h6-7,12,16H,5,8-11,13-14H2,1-4H3,(H,25,29)(H2,24,26,27). The molecule has 0 aromatic heterocycles. The molecule has 1 amide bonds. The number of hydrogen-bond acceptors (Lipinski definition) is 3. The van der Waals surface area contributed by atoms with Crippen LogP contribution in [0.4, 0.5) is 0 Å². The third kappa shape index (κ3) is 7.36. The van der Waals surface area contributed by atoms with E-state index >= 15 is 0 Å². The SMILES string of the molecule is CCNC(=O)C(C)(C)CNC(=NC)NC1CCN(Cc2ccc(Cl)c(Cl)c2)CC1. The Balaban J connectivity index is 1.78. The van der Waals surface area contributed by atoms with Gasteiger partial charge in [0.1, 0.15) is 0 Å². The molecule has 6 nitrogen and oxygen atoms in total. The fourth-order valence-electron chi connectivity index (χ4n) is 3.30. The number of nitrogens with one attached hydrogen (secondary N) is 3. The van der Waals surface area contributed by atoms with Crippen molar-refractivity contribution in [2.24, 2.45) is 10.4 Å². The molecular formula is C21H33Cl2N5O.